The average Bonchev–Trinajstić information content (AvgIpc) is 3.15. The van der Waals surface area contributed by atoms with Gasteiger partial charge in [-0.15, -0.1) is 0 Å². The third-order valence-corrected chi connectivity index (χ3v) is 6.83. The van der Waals surface area contributed by atoms with Crippen LogP contribution in [0.4, 0.5) is 0 Å². The van der Waals surface area contributed by atoms with Crippen LogP contribution < -0.4 is 10.6 Å². The first kappa shape index (κ1) is 22.1. The molecule has 0 saturated heterocycles. The monoisotopic (exact) mass is 392 g/mol. The van der Waals surface area contributed by atoms with Gasteiger partial charge in [0.2, 0.25) is 0 Å². The summed E-state index contributed by atoms with van der Waals surface area (Å²) >= 11 is 0. The lowest BCUT2D eigenvalue weighted by Gasteiger charge is -2.26. The molecule has 3 rings (SSSR count). The van der Waals surface area contributed by atoms with Crippen molar-refractivity contribution in [3.63, 3.8) is 0 Å². The minimum Gasteiger partial charge on any atom is -0.310 e. The summed E-state index contributed by atoms with van der Waals surface area (Å²) in [5, 5.41) is 7.43. The van der Waals surface area contributed by atoms with E-state index in [1.807, 2.05) is 0 Å². The lowest BCUT2D eigenvalue weighted by atomic mass is 9.83. The SMILES string of the molecule is Cc1cccc(CNC(C)CC2CCCC2c2ccccc2CNC(C)C)c1C. The summed E-state index contributed by atoms with van der Waals surface area (Å²) < 4.78 is 0. The maximum atomic E-state index is 3.81. The third-order valence-electron chi connectivity index (χ3n) is 6.83. The van der Waals surface area contributed by atoms with Crippen LogP contribution in [0.2, 0.25) is 0 Å². The van der Waals surface area contributed by atoms with Gasteiger partial charge in [0.05, 0.1) is 0 Å². The number of nitrogens with one attached hydrogen (secondary N) is 2. The highest BCUT2D eigenvalue weighted by Gasteiger charge is 2.30. The maximum absolute atomic E-state index is 3.81. The highest BCUT2D eigenvalue weighted by Crippen LogP contribution is 2.43. The molecule has 0 amide bonds. The molecular formula is C27H40N2. The largest absolute Gasteiger partial charge is 0.310 e. The van der Waals surface area contributed by atoms with Crippen molar-refractivity contribution in [1.82, 2.24) is 10.6 Å². The van der Waals surface area contributed by atoms with Crippen molar-refractivity contribution in [3.05, 3.63) is 70.3 Å². The summed E-state index contributed by atoms with van der Waals surface area (Å²) in [7, 11) is 0. The van der Waals surface area contributed by atoms with E-state index in [4.69, 9.17) is 0 Å². The number of rotatable bonds is 9. The van der Waals surface area contributed by atoms with Crippen LogP contribution in [0.15, 0.2) is 42.5 Å². The van der Waals surface area contributed by atoms with Crippen LogP contribution in [-0.2, 0) is 13.1 Å². The van der Waals surface area contributed by atoms with Gasteiger partial charge in [-0.1, -0.05) is 62.7 Å². The van der Waals surface area contributed by atoms with Crippen molar-refractivity contribution in [2.75, 3.05) is 0 Å². The molecule has 158 valence electrons. The van der Waals surface area contributed by atoms with E-state index in [9.17, 15) is 0 Å². The summed E-state index contributed by atoms with van der Waals surface area (Å²) in [6, 6.07) is 16.8. The molecule has 2 N–H and O–H groups in total. The molecule has 0 aromatic heterocycles. The Bertz CT molecular complexity index is 780. The Hall–Kier alpha value is -1.64. The second kappa shape index (κ2) is 10.4. The molecule has 2 aromatic carbocycles. The molecule has 0 radical (unpaired) electrons. The second-order valence-corrected chi connectivity index (χ2v) is 9.41. The van der Waals surface area contributed by atoms with Crippen LogP contribution in [-0.4, -0.2) is 12.1 Å². The van der Waals surface area contributed by atoms with Gasteiger partial charge >= 0.3 is 0 Å². The van der Waals surface area contributed by atoms with Gasteiger partial charge in [-0.25, -0.2) is 0 Å². The zero-order chi connectivity index (χ0) is 20.8. The minimum atomic E-state index is 0.525. The van der Waals surface area contributed by atoms with E-state index >= 15 is 0 Å². The van der Waals surface area contributed by atoms with Crippen LogP contribution in [0.3, 0.4) is 0 Å². The summed E-state index contributed by atoms with van der Waals surface area (Å²) in [4.78, 5) is 0. The van der Waals surface area contributed by atoms with E-state index in [-0.39, 0.29) is 0 Å². The molecule has 3 atom stereocenters. The molecule has 1 saturated carbocycles. The van der Waals surface area contributed by atoms with Gasteiger partial charge in [0.1, 0.15) is 0 Å². The van der Waals surface area contributed by atoms with Crippen LogP contribution in [0.25, 0.3) is 0 Å². The van der Waals surface area contributed by atoms with Crippen molar-refractivity contribution in [2.24, 2.45) is 5.92 Å². The number of hydrogen-bond donors (Lipinski definition) is 2. The lowest BCUT2D eigenvalue weighted by molar-refractivity contribution is 0.374. The molecule has 29 heavy (non-hydrogen) atoms. The van der Waals surface area contributed by atoms with Crippen LogP contribution >= 0.6 is 0 Å². The van der Waals surface area contributed by atoms with Crippen molar-refractivity contribution < 1.29 is 0 Å². The van der Waals surface area contributed by atoms with Gasteiger partial charge in [-0.2, -0.15) is 0 Å². The van der Waals surface area contributed by atoms with Crippen molar-refractivity contribution in [1.29, 1.82) is 0 Å². The Morgan fingerprint density at radius 1 is 0.862 bits per heavy atom. The van der Waals surface area contributed by atoms with Gasteiger partial charge in [0, 0.05) is 25.2 Å². The number of benzene rings is 2. The van der Waals surface area contributed by atoms with Gasteiger partial charge < -0.3 is 10.6 Å². The van der Waals surface area contributed by atoms with Crippen LogP contribution in [0.5, 0.6) is 0 Å². The van der Waals surface area contributed by atoms with E-state index in [1.165, 1.54) is 47.9 Å². The quantitative estimate of drug-likeness (QED) is 0.527. The normalized spacial score (nSPS) is 20.3. The summed E-state index contributed by atoms with van der Waals surface area (Å²) in [6.45, 7) is 13.2. The zero-order valence-electron chi connectivity index (χ0n) is 19.1. The Labute approximate surface area is 178 Å². The van der Waals surface area contributed by atoms with E-state index in [0.717, 1.165) is 19.0 Å². The summed E-state index contributed by atoms with van der Waals surface area (Å²) in [6.07, 6.45) is 5.34. The first-order chi connectivity index (χ1) is 14.0. The van der Waals surface area contributed by atoms with Gasteiger partial charge in [0.25, 0.3) is 0 Å². The molecule has 2 aromatic rings. The molecule has 0 spiro atoms. The van der Waals surface area contributed by atoms with Crippen molar-refractivity contribution in [3.8, 4) is 0 Å². The first-order valence-electron chi connectivity index (χ1n) is 11.5. The molecular weight excluding hydrogens is 352 g/mol. The van der Waals surface area contributed by atoms with Crippen molar-refractivity contribution >= 4 is 0 Å². The fraction of sp³-hybridized carbons (Fsp3) is 0.556. The molecule has 1 fully saturated rings. The second-order valence-electron chi connectivity index (χ2n) is 9.41. The van der Waals surface area contributed by atoms with Crippen molar-refractivity contribution in [2.45, 2.75) is 91.4 Å². The first-order valence-corrected chi connectivity index (χ1v) is 11.5. The Balaban J connectivity index is 1.61. The maximum Gasteiger partial charge on any atom is 0.0210 e. The highest BCUT2D eigenvalue weighted by molar-refractivity contribution is 5.33. The van der Waals surface area contributed by atoms with Gasteiger partial charge in [-0.3, -0.25) is 0 Å². The van der Waals surface area contributed by atoms with Gasteiger partial charge in [-0.05, 0) is 79.7 Å². The fourth-order valence-corrected chi connectivity index (χ4v) is 4.92. The number of hydrogen-bond acceptors (Lipinski definition) is 2. The molecule has 2 heteroatoms. The average molecular weight is 393 g/mol. The summed E-state index contributed by atoms with van der Waals surface area (Å²) in [5.74, 6) is 1.50. The topological polar surface area (TPSA) is 24.1 Å². The van der Waals surface area contributed by atoms with Crippen LogP contribution in [0.1, 0.15) is 80.2 Å². The fourth-order valence-electron chi connectivity index (χ4n) is 4.92. The molecule has 0 heterocycles. The zero-order valence-corrected chi connectivity index (χ0v) is 19.1. The summed E-state index contributed by atoms with van der Waals surface area (Å²) in [5.41, 5.74) is 7.33. The highest BCUT2D eigenvalue weighted by atomic mass is 14.9. The molecule has 1 aliphatic rings. The molecule has 0 aliphatic heterocycles. The van der Waals surface area contributed by atoms with Gasteiger partial charge in [0.15, 0.2) is 0 Å². The predicted molar refractivity (Wildman–Crippen MR) is 125 cm³/mol. The van der Waals surface area contributed by atoms with Crippen LogP contribution in [0, 0.1) is 19.8 Å². The number of aryl methyl sites for hydroxylation is 1. The molecule has 2 nitrogen and oxygen atoms in total. The van der Waals surface area contributed by atoms with E-state index in [2.05, 4.69) is 87.7 Å². The Morgan fingerprint density at radius 3 is 2.38 bits per heavy atom. The lowest BCUT2D eigenvalue weighted by Crippen LogP contribution is -2.29. The van der Waals surface area contributed by atoms with E-state index in [1.54, 1.807) is 5.56 Å². The smallest absolute Gasteiger partial charge is 0.0210 e. The molecule has 1 aliphatic carbocycles. The molecule has 3 unspecified atom stereocenters. The molecule has 0 bridgehead atoms. The Morgan fingerprint density at radius 2 is 1.59 bits per heavy atom. The minimum absolute atomic E-state index is 0.525. The third kappa shape index (κ3) is 5.93. The van der Waals surface area contributed by atoms with E-state index in [0.29, 0.717) is 18.0 Å². The standard InChI is InChI=1S/C27H40N2/c1-19(2)28-18-25-11-6-7-14-27(25)26-15-9-12-23(26)16-21(4)29-17-24-13-8-10-20(3)22(24)5/h6-8,10-11,13-14,19,21,23,26,28-29H,9,12,15-18H2,1-5H3. The predicted octanol–water partition coefficient (Wildman–Crippen LogP) is 6.25. The van der Waals surface area contributed by atoms with E-state index < -0.39 is 0 Å². The Kier molecular flexibility index (Phi) is 7.91.